The molecule has 6 nitrogen and oxygen atoms in total. The van der Waals surface area contributed by atoms with Crippen molar-refractivity contribution in [2.24, 2.45) is 0 Å². The van der Waals surface area contributed by atoms with Gasteiger partial charge in [-0.05, 0) is 67.9 Å². The topological polar surface area (TPSA) is 62.2 Å². The molecule has 1 N–H and O–H groups in total. The van der Waals surface area contributed by atoms with E-state index in [1.165, 1.54) is 10.4 Å². The summed E-state index contributed by atoms with van der Waals surface area (Å²) in [7, 11) is 0. The van der Waals surface area contributed by atoms with Gasteiger partial charge in [-0.3, -0.25) is 9.69 Å². The molecule has 0 bridgehead atoms. The largest absolute Gasteiger partial charge is 0.491 e. The van der Waals surface area contributed by atoms with E-state index in [4.69, 9.17) is 9.47 Å². The molecule has 0 saturated carbocycles. The number of hydrogen-bond acceptors (Lipinski definition) is 6. The minimum absolute atomic E-state index is 0.0803. The van der Waals surface area contributed by atoms with Crippen molar-refractivity contribution in [3.63, 3.8) is 0 Å². The van der Waals surface area contributed by atoms with Gasteiger partial charge in [-0.25, -0.2) is 0 Å². The zero-order valence-corrected chi connectivity index (χ0v) is 20.3. The van der Waals surface area contributed by atoms with Crippen LogP contribution in [0.4, 0.5) is 0 Å². The molecule has 7 heteroatoms. The Hall–Kier alpha value is -1.93. The summed E-state index contributed by atoms with van der Waals surface area (Å²) in [5.41, 5.74) is 2.34. The second kappa shape index (κ2) is 12.3. The van der Waals surface area contributed by atoms with Gasteiger partial charge in [0, 0.05) is 24.6 Å². The highest BCUT2D eigenvalue weighted by atomic mass is 32.1. The number of ether oxygens (including phenoxy) is 2. The molecule has 32 heavy (non-hydrogen) atoms. The number of thiophene rings is 1. The SMILES string of the molecule is CCCN(CC(=O)N1CCc2sccc2C1COc1cccc(C)c1)CC(O)COCC. The average molecular weight is 461 g/mol. The van der Waals surface area contributed by atoms with Crippen LogP contribution in [-0.4, -0.2) is 72.9 Å². The Morgan fingerprint density at radius 1 is 1.34 bits per heavy atom. The molecule has 0 aliphatic carbocycles. The summed E-state index contributed by atoms with van der Waals surface area (Å²) in [5.74, 6) is 0.906. The molecular weight excluding hydrogens is 424 g/mol. The first-order chi connectivity index (χ1) is 15.5. The second-order valence-corrected chi connectivity index (χ2v) is 9.33. The van der Waals surface area contributed by atoms with Crippen molar-refractivity contribution in [1.29, 1.82) is 0 Å². The van der Waals surface area contributed by atoms with Crippen LogP contribution in [0.25, 0.3) is 0 Å². The monoisotopic (exact) mass is 460 g/mol. The van der Waals surface area contributed by atoms with Gasteiger partial charge in [-0.15, -0.1) is 11.3 Å². The number of amides is 1. The maximum atomic E-state index is 13.4. The van der Waals surface area contributed by atoms with Crippen LogP contribution < -0.4 is 4.74 Å². The average Bonchev–Trinajstić information content (AvgIpc) is 3.25. The summed E-state index contributed by atoms with van der Waals surface area (Å²) in [6, 6.07) is 10.0. The maximum absolute atomic E-state index is 13.4. The molecule has 0 spiro atoms. The molecule has 1 amide bonds. The zero-order chi connectivity index (χ0) is 22.9. The number of aliphatic hydroxyl groups is 1. The molecule has 176 valence electrons. The van der Waals surface area contributed by atoms with E-state index in [2.05, 4.69) is 18.4 Å². The van der Waals surface area contributed by atoms with Gasteiger partial charge in [-0.2, -0.15) is 0 Å². The van der Waals surface area contributed by atoms with E-state index in [0.29, 0.717) is 32.9 Å². The quantitative estimate of drug-likeness (QED) is 0.524. The number of rotatable bonds is 12. The molecular formula is C25H36N2O4S. The normalized spacial score (nSPS) is 16.8. The summed E-state index contributed by atoms with van der Waals surface area (Å²) < 4.78 is 11.5. The van der Waals surface area contributed by atoms with Crippen LogP contribution in [0, 0.1) is 6.92 Å². The van der Waals surface area contributed by atoms with Gasteiger partial charge in [-0.1, -0.05) is 19.1 Å². The number of carbonyl (C=O) groups is 1. The zero-order valence-electron chi connectivity index (χ0n) is 19.5. The van der Waals surface area contributed by atoms with E-state index < -0.39 is 6.10 Å². The Morgan fingerprint density at radius 3 is 2.94 bits per heavy atom. The van der Waals surface area contributed by atoms with E-state index in [-0.39, 0.29) is 18.5 Å². The minimum atomic E-state index is -0.598. The Labute approximate surface area is 195 Å². The van der Waals surface area contributed by atoms with Gasteiger partial charge in [0.05, 0.1) is 25.3 Å². The molecule has 2 unspecified atom stereocenters. The smallest absolute Gasteiger partial charge is 0.237 e. The van der Waals surface area contributed by atoms with Gasteiger partial charge in [0.1, 0.15) is 12.4 Å². The Kier molecular flexibility index (Phi) is 9.53. The highest BCUT2D eigenvalue weighted by molar-refractivity contribution is 7.10. The molecule has 0 saturated heterocycles. The fraction of sp³-hybridized carbons (Fsp3) is 0.560. The van der Waals surface area contributed by atoms with Crippen molar-refractivity contribution in [2.75, 3.05) is 46.0 Å². The van der Waals surface area contributed by atoms with Crippen molar-refractivity contribution >= 4 is 17.2 Å². The van der Waals surface area contributed by atoms with E-state index in [1.807, 2.05) is 47.9 Å². The molecule has 2 atom stereocenters. The van der Waals surface area contributed by atoms with Crippen molar-refractivity contribution in [2.45, 2.75) is 45.8 Å². The van der Waals surface area contributed by atoms with Crippen molar-refractivity contribution < 1.29 is 19.4 Å². The molecule has 1 aromatic heterocycles. The Bertz CT molecular complexity index is 856. The van der Waals surface area contributed by atoms with E-state index in [1.54, 1.807) is 11.3 Å². The van der Waals surface area contributed by atoms with Crippen LogP contribution in [0.5, 0.6) is 5.75 Å². The fourth-order valence-corrected chi connectivity index (χ4v) is 5.12. The van der Waals surface area contributed by atoms with Gasteiger partial charge in [0.2, 0.25) is 5.91 Å². The summed E-state index contributed by atoms with van der Waals surface area (Å²) in [5, 5.41) is 12.4. The van der Waals surface area contributed by atoms with E-state index in [9.17, 15) is 9.90 Å². The lowest BCUT2D eigenvalue weighted by Crippen LogP contribution is -2.48. The second-order valence-electron chi connectivity index (χ2n) is 8.33. The predicted octanol–water partition coefficient (Wildman–Crippen LogP) is 3.67. The van der Waals surface area contributed by atoms with Gasteiger partial charge >= 0.3 is 0 Å². The number of fused-ring (bicyclic) bond motifs is 1. The highest BCUT2D eigenvalue weighted by Crippen LogP contribution is 2.34. The maximum Gasteiger partial charge on any atom is 0.237 e. The number of benzene rings is 1. The van der Waals surface area contributed by atoms with E-state index >= 15 is 0 Å². The third-order valence-corrected chi connectivity index (χ3v) is 6.69. The molecule has 1 aliphatic heterocycles. The molecule has 0 fully saturated rings. The lowest BCUT2D eigenvalue weighted by Gasteiger charge is -2.37. The summed E-state index contributed by atoms with van der Waals surface area (Å²) >= 11 is 1.75. The first-order valence-corrected chi connectivity index (χ1v) is 12.4. The van der Waals surface area contributed by atoms with Crippen LogP contribution >= 0.6 is 11.3 Å². The summed E-state index contributed by atoms with van der Waals surface area (Å²) in [6.45, 7) is 9.51. The standard InChI is InChI=1S/C25H36N2O4S/c1-4-11-26(15-20(28)17-30-5-2)16-25(29)27-12-9-24-22(10-13-32-24)23(27)18-31-21-8-6-7-19(3)14-21/h6-8,10,13-14,20,23,28H,4-5,9,11-12,15-18H2,1-3H3. The molecule has 1 aliphatic rings. The third kappa shape index (κ3) is 6.78. The van der Waals surface area contributed by atoms with E-state index in [0.717, 1.165) is 30.7 Å². The number of carbonyl (C=O) groups excluding carboxylic acids is 1. The first-order valence-electron chi connectivity index (χ1n) is 11.5. The Morgan fingerprint density at radius 2 is 2.19 bits per heavy atom. The minimum Gasteiger partial charge on any atom is -0.491 e. The third-order valence-electron chi connectivity index (χ3n) is 5.69. The fourth-order valence-electron chi connectivity index (χ4n) is 4.19. The number of nitrogens with zero attached hydrogens (tertiary/aromatic N) is 2. The predicted molar refractivity (Wildman–Crippen MR) is 128 cm³/mol. The summed E-state index contributed by atoms with van der Waals surface area (Å²) in [4.78, 5) is 18.7. The van der Waals surface area contributed by atoms with Crippen LogP contribution in [0.15, 0.2) is 35.7 Å². The molecule has 2 aromatic rings. The van der Waals surface area contributed by atoms with Crippen LogP contribution in [0.3, 0.4) is 0 Å². The molecule has 0 radical (unpaired) electrons. The van der Waals surface area contributed by atoms with Crippen LogP contribution in [0.1, 0.15) is 42.3 Å². The molecule has 1 aromatic carbocycles. The lowest BCUT2D eigenvalue weighted by atomic mass is 10.0. The highest BCUT2D eigenvalue weighted by Gasteiger charge is 2.33. The Balaban J connectivity index is 1.69. The molecule has 3 rings (SSSR count). The number of aryl methyl sites for hydroxylation is 1. The summed E-state index contributed by atoms with van der Waals surface area (Å²) in [6.07, 6.45) is 1.20. The first kappa shape index (κ1) is 24.7. The van der Waals surface area contributed by atoms with Crippen molar-refractivity contribution in [3.8, 4) is 5.75 Å². The van der Waals surface area contributed by atoms with Crippen molar-refractivity contribution in [3.05, 3.63) is 51.7 Å². The van der Waals surface area contributed by atoms with Gasteiger partial charge in [0.15, 0.2) is 0 Å². The van der Waals surface area contributed by atoms with Crippen LogP contribution in [-0.2, 0) is 16.0 Å². The number of hydrogen-bond donors (Lipinski definition) is 1. The van der Waals surface area contributed by atoms with Crippen LogP contribution in [0.2, 0.25) is 0 Å². The lowest BCUT2D eigenvalue weighted by molar-refractivity contribution is -0.136. The van der Waals surface area contributed by atoms with Crippen molar-refractivity contribution in [1.82, 2.24) is 9.80 Å². The molecule has 2 heterocycles. The van der Waals surface area contributed by atoms with Gasteiger partial charge < -0.3 is 19.5 Å². The number of aliphatic hydroxyl groups excluding tert-OH is 1. The van der Waals surface area contributed by atoms with Gasteiger partial charge in [0.25, 0.3) is 0 Å².